The highest BCUT2D eigenvalue weighted by molar-refractivity contribution is 7.98. The van der Waals surface area contributed by atoms with Gasteiger partial charge in [-0.3, -0.25) is 9.59 Å². The van der Waals surface area contributed by atoms with Crippen molar-refractivity contribution >= 4 is 23.6 Å². The normalized spacial score (nSPS) is 25.9. The molecule has 0 spiro atoms. The van der Waals surface area contributed by atoms with Crippen molar-refractivity contribution in [3.8, 4) is 0 Å². The van der Waals surface area contributed by atoms with E-state index in [1.807, 2.05) is 13.2 Å². The fourth-order valence-corrected chi connectivity index (χ4v) is 2.56. The summed E-state index contributed by atoms with van der Waals surface area (Å²) in [5.41, 5.74) is 5.80. The van der Waals surface area contributed by atoms with Gasteiger partial charge in [-0.05, 0) is 24.3 Å². The van der Waals surface area contributed by atoms with E-state index in [0.717, 1.165) is 5.75 Å². The molecule has 0 radical (unpaired) electrons. The van der Waals surface area contributed by atoms with Crippen molar-refractivity contribution in [2.24, 2.45) is 17.6 Å². The first-order valence-corrected chi connectivity index (χ1v) is 7.12. The molecule has 0 aromatic heterocycles. The molecule has 1 aliphatic rings. The molecule has 2 unspecified atom stereocenters. The topological polar surface area (TPSA) is 83.6 Å². The van der Waals surface area contributed by atoms with E-state index in [-0.39, 0.29) is 11.8 Å². The van der Waals surface area contributed by atoms with Gasteiger partial charge in [0.25, 0.3) is 0 Å². The Balaban J connectivity index is 2.52. The second-order valence-corrected chi connectivity index (χ2v) is 5.54. The second-order valence-electron chi connectivity index (χ2n) is 4.55. The van der Waals surface area contributed by atoms with Crippen molar-refractivity contribution in [2.75, 3.05) is 25.1 Å². The summed E-state index contributed by atoms with van der Waals surface area (Å²) < 4.78 is 0. The predicted octanol–water partition coefficient (Wildman–Crippen LogP) is 0.246. The average molecular weight is 260 g/mol. The molecule has 0 aliphatic carbocycles. The maximum Gasteiger partial charge on any atom is 0.308 e. The van der Waals surface area contributed by atoms with Gasteiger partial charge in [0.05, 0.1) is 12.0 Å². The van der Waals surface area contributed by atoms with E-state index in [4.69, 9.17) is 10.8 Å². The zero-order valence-corrected chi connectivity index (χ0v) is 11.1. The second kappa shape index (κ2) is 6.26. The third-order valence-electron chi connectivity index (χ3n) is 3.19. The van der Waals surface area contributed by atoms with Crippen molar-refractivity contribution in [1.82, 2.24) is 4.90 Å². The number of amides is 1. The molecule has 1 rings (SSSR count). The number of carbonyl (C=O) groups excluding carboxylic acids is 1. The Labute approximate surface area is 106 Å². The number of aliphatic carboxylic acids is 1. The highest BCUT2D eigenvalue weighted by Gasteiger charge is 2.37. The van der Waals surface area contributed by atoms with Crippen molar-refractivity contribution in [2.45, 2.75) is 19.4 Å². The van der Waals surface area contributed by atoms with Crippen LogP contribution >= 0.6 is 11.8 Å². The van der Waals surface area contributed by atoms with E-state index in [1.54, 1.807) is 16.7 Å². The van der Waals surface area contributed by atoms with E-state index in [2.05, 4.69) is 0 Å². The van der Waals surface area contributed by atoms with Gasteiger partial charge in [-0.1, -0.05) is 6.92 Å². The Morgan fingerprint density at radius 3 is 2.65 bits per heavy atom. The van der Waals surface area contributed by atoms with Gasteiger partial charge in [-0.2, -0.15) is 11.8 Å². The lowest BCUT2D eigenvalue weighted by Crippen LogP contribution is -2.43. The smallest absolute Gasteiger partial charge is 0.308 e. The van der Waals surface area contributed by atoms with Crippen LogP contribution in [0.25, 0.3) is 0 Å². The van der Waals surface area contributed by atoms with Crippen molar-refractivity contribution < 1.29 is 14.7 Å². The molecule has 1 fully saturated rings. The van der Waals surface area contributed by atoms with Crippen molar-refractivity contribution in [3.05, 3.63) is 0 Å². The molecule has 1 aliphatic heterocycles. The monoisotopic (exact) mass is 260 g/mol. The number of carboxylic acids is 1. The Hall–Kier alpha value is -0.750. The summed E-state index contributed by atoms with van der Waals surface area (Å²) in [7, 11) is 0. The molecule has 0 aromatic rings. The number of likely N-dealkylation sites (tertiary alicyclic amines) is 1. The standard InChI is InChI=1S/C11H20N2O3S/c1-7-5-13(6-8(7)11(15)16)10(14)9(12)3-4-17-2/h7-9H,3-6,12H2,1-2H3,(H,15,16)/t7?,8?,9-/m0/s1. The number of carbonyl (C=O) groups is 2. The van der Waals surface area contributed by atoms with Gasteiger partial charge in [0.2, 0.25) is 5.91 Å². The van der Waals surface area contributed by atoms with Crippen LogP contribution in [-0.2, 0) is 9.59 Å². The number of hydrogen-bond donors (Lipinski definition) is 2. The fraction of sp³-hybridized carbons (Fsp3) is 0.818. The highest BCUT2D eigenvalue weighted by Crippen LogP contribution is 2.23. The van der Waals surface area contributed by atoms with Crippen LogP contribution in [0.5, 0.6) is 0 Å². The van der Waals surface area contributed by atoms with Gasteiger partial charge in [-0.25, -0.2) is 0 Å². The van der Waals surface area contributed by atoms with Crippen LogP contribution in [0.1, 0.15) is 13.3 Å². The van der Waals surface area contributed by atoms with Gasteiger partial charge >= 0.3 is 5.97 Å². The van der Waals surface area contributed by atoms with E-state index >= 15 is 0 Å². The molecule has 0 aromatic carbocycles. The Morgan fingerprint density at radius 2 is 2.18 bits per heavy atom. The third kappa shape index (κ3) is 3.61. The molecular formula is C11H20N2O3S. The SMILES string of the molecule is CSCC[C@H](N)C(=O)N1CC(C)C(C(=O)O)C1. The van der Waals surface area contributed by atoms with Crippen molar-refractivity contribution in [1.29, 1.82) is 0 Å². The summed E-state index contributed by atoms with van der Waals surface area (Å²) in [6, 6.07) is -0.498. The molecule has 0 bridgehead atoms. The van der Waals surface area contributed by atoms with E-state index in [1.165, 1.54) is 0 Å². The van der Waals surface area contributed by atoms with Crippen molar-refractivity contribution in [3.63, 3.8) is 0 Å². The lowest BCUT2D eigenvalue weighted by atomic mass is 9.99. The minimum Gasteiger partial charge on any atom is -0.481 e. The molecule has 17 heavy (non-hydrogen) atoms. The molecule has 3 N–H and O–H groups in total. The lowest BCUT2D eigenvalue weighted by molar-refractivity contribution is -0.142. The predicted molar refractivity (Wildman–Crippen MR) is 67.8 cm³/mol. The largest absolute Gasteiger partial charge is 0.481 e. The zero-order chi connectivity index (χ0) is 13.0. The minimum absolute atomic E-state index is 0.00389. The lowest BCUT2D eigenvalue weighted by Gasteiger charge is -2.20. The molecule has 1 saturated heterocycles. The first-order chi connectivity index (χ1) is 7.97. The Bertz CT molecular complexity index is 298. The first kappa shape index (κ1) is 14.3. The van der Waals surface area contributed by atoms with Gasteiger partial charge < -0.3 is 15.7 Å². The highest BCUT2D eigenvalue weighted by atomic mass is 32.2. The molecule has 98 valence electrons. The summed E-state index contributed by atoms with van der Waals surface area (Å²) in [5.74, 6) is -0.547. The number of nitrogens with zero attached hydrogens (tertiary/aromatic N) is 1. The van der Waals surface area contributed by atoms with Crippen LogP contribution < -0.4 is 5.73 Å². The number of thioether (sulfide) groups is 1. The van der Waals surface area contributed by atoms with Crippen LogP contribution in [0.3, 0.4) is 0 Å². The molecule has 1 amide bonds. The van der Waals surface area contributed by atoms with E-state index in [0.29, 0.717) is 19.5 Å². The van der Waals surface area contributed by atoms with Crippen LogP contribution in [-0.4, -0.2) is 53.0 Å². The quantitative estimate of drug-likeness (QED) is 0.740. The molecule has 6 heteroatoms. The number of nitrogens with two attached hydrogens (primary N) is 1. The average Bonchev–Trinajstić information content (AvgIpc) is 2.67. The van der Waals surface area contributed by atoms with Gasteiger partial charge in [-0.15, -0.1) is 0 Å². The Morgan fingerprint density at radius 1 is 1.53 bits per heavy atom. The van der Waals surface area contributed by atoms with Gasteiger partial charge in [0.15, 0.2) is 0 Å². The van der Waals surface area contributed by atoms with Crippen LogP contribution in [0.4, 0.5) is 0 Å². The van der Waals surface area contributed by atoms with Gasteiger partial charge in [0.1, 0.15) is 0 Å². The molecule has 3 atom stereocenters. The Kier molecular flexibility index (Phi) is 5.27. The number of hydrogen-bond acceptors (Lipinski definition) is 4. The molecular weight excluding hydrogens is 240 g/mol. The summed E-state index contributed by atoms with van der Waals surface area (Å²) in [6.07, 6.45) is 2.61. The van der Waals surface area contributed by atoms with E-state index < -0.39 is 17.9 Å². The third-order valence-corrected chi connectivity index (χ3v) is 3.84. The van der Waals surface area contributed by atoms with E-state index in [9.17, 15) is 9.59 Å². The van der Waals surface area contributed by atoms with Crippen LogP contribution in [0.15, 0.2) is 0 Å². The maximum absolute atomic E-state index is 12.0. The summed E-state index contributed by atoms with van der Waals surface area (Å²) in [4.78, 5) is 24.5. The molecule has 0 saturated carbocycles. The fourth-order valence-electron chi connectivity index (χ4n) is 2.07. The van der Waals surface area contributed by atoms with Crippen LogP contribution in [0, 0.1) is 11.8 Å². The molecule has 5 nitrogen and oxygen atoms in total. The number of rotatable bonds is 5. The first-order valence-electron chi connectivity index (χ1n) is 5.73. The van der Waals surface area contributed by atoms with Gasteiger partial charge in [0, 0.05) is 13.1 Å². The molecule has 1 heterocycles. The summed E-state index contributed by atoms with van der Waals surface area (Å²) >= 11 is 1.65. The summed E-state index contributed by atoms with van der Waals surface area (Å²) in [6.45, 7) is 2.66. The maximum atomic E-state index is 12.0. The van der Waals surface area contributed by atoms with Crippen LogP contribution in [0.2, 0.25) is 0 Å². The summed E-state index contributed by atoms with van der Waals surface area (Å²) in [5, 5.41) is 8.99. The zero-order valence-electron chi connectivity index (χ0n) is 10.3. The minimum atomic E-state index is -0.828. The number of carboxylic acid groups (broad SMARTS) is 1.